The fourth-order valence-electron chi connectivity index (χ4n) is 4.53. The van der Waals surface area contributed by atoms with Crippen molar-refractivity contribution in [1.29, 1.82) is 0 Å². The van der Waals surface area contributed by atoms with Crippen molar-refractivity contribution in [2.24, 2.45) is 10.2 Å². The highest BCUT2D eigenvalue weighted by Crippen LogP contribution is 2.45. The minimum Gasteiger partial charge on any atom is -0.505 e. The Bertz CT molecular complexity index is 2670. The van der Waals surface area contributed by atoms with Crippen LogP contribution in [-0.4, -0.2) is 71.9 Å². The maximum atomic E-state index is 12.5. The number of hydrogen-bond acceptors (Lipinski definition) is 15. The first kappa shape index (κ1) is 35.1. The molecule has 0 bridgehead atoms. The Balaban J connectivity index is 1.79. The van der Waals surface area contributed by atoms with Gasteiger partial charge >= 0.3 is 0 Å². The van der Waals surface area contributed by atoms with Gasteiger partial charge < -0.3 is 10.4 Å². The average Bonchev–Trinajstić information content (AvgIpc) is 2.92. The molecule has 0 fully saturated rings. The second-order valence-electron chi connectivity index (χ2n) is 9.30. The van der Waals surface area contributed by atoms with Gasteiger partial charge in [-0.2, -0.15) is 48.6 Å². The number of halogens is 2. The van der Waals surface area contributed by atoms with Crippen LogP contribution >= 0.6 is 23.2 Å². The van der Waals surface area contributed by atoms with Gasteiger partial charge in [-0.3, -0.25) is 18.2 Å². The summed E-state index contributed by atoms with van der Waals surface area (Å²) in [5.74, 6) is -1.59. The predicted octanol–water partition coefficient (Wildman–Crippen LogP) is 4.34. The van der Waals surface area contributed by atoms with Gasteiger partial charge in [-0.15, -0.1) is 10.2 Å². The van der Waals surface area contributed by atoms with Crippen LogP contribution < -0.4 is 5.32 Å². The van der Waals surface area contributed by atoms with Gasteiger partial charge in [-0.25, -0.2) is 0 Å². The van der Waals surface area contributed by atoms with E-state index in [9.17, 15) is 57.0 Å². The summed E-state index contributed by atoms with van der Waals surface area (Å²) in [6.07, 6.45) is 0. The molecule has 5 rings (SSSR count). The minimum atomic E-state index is -5.43. The summed E-state index contributed by atoms with van der Waals surface area (Å²) in [6.45, 7) is 0. The van der Waals surface area contributed by atoms with Crippen LogP contribution in [0.2, 0.25) is 10.6 Å². The number of azo groups is 1. The molecule has 25 heteroatoms. The van der Waals surface area contributed by atoms with E-state index in [1.54, 1.807) is 0 Å². The average molecular weight is 782 g/mol. The number of aromatic nitrogens is 3. The smallest absolute Gasteiger partial charge is 0.297 e. The van der Waals surface area contributed by atoms with Gasteiger partial charge in [-0.1, -0.05) is 18.2 Å². The van der Waals surface area contributed by atoms with Crippen LogP contribution in [0.4, 0.5) is 23.0 Å². The Hall–Kier alpha value is -4.17. The van der Waals surface area contributed by atoms with Crippen LogP contribution in [0.25, 0.3) is 21.5 Å². The first-order valence-electron chi connectivity index (χ1n) is 12.1. The van der Waals surface area contributed by atoms with Crippen LogP contribution in [-0.2, 0) is 40.5 Å². The van der Waals surface area contributed by atoms with Crippen molar-refractivity contribution in [3.63, 3.8) is 0 Å². The highest BCUT2D eigenvalue weighted by Gasteiger charge is 2.29. The van der Waals surface area contributed by atoms with E-state index in [0.29, 0.717) is 6.07 Å². The number of phenols is 1. The second kappa shape index (κ2) is 12.1. The molecule has 0 atom stereocenters. The lowest BCUT2D eigenvalue weighted by molar-refractivity contribution is 0.471. The van der Waals surface area contributed by atoms with Gasteiger partial charge in [0.15, 0.2) is 5.75 Å². The molecule has 0 aliphatic rings. The number of rotatable bonds is 8. The molecule has 0 spiro atoms. The molecule has 0 aliphatic heterocycles. The molecule has 4 aromatic carbocycles. The van der Waals surface area contributed by atoms with Gasteiger partial charge in [0.05, 0.1) is 5.69 Å². The zero-order valence-electron chi connectivity index (χ0n) is 22.7. The third kappa shape index (κ3) is 6.86. The van der Waals surface area contributed by atoms with Crippen molar-refractivity contribution in [3.8, 4) is 5.75 Å². The van der Waals surface area contributed by atoms with Gasteiger partial charge in [0.1, 0.15) is 31.0 Å². The number of benzene rings is 4. The summed E-state index contributed by atoms with van der Waals surface area (Å²) in [4.78, 5) is 6.75. The Kier molecular flexibility index (Phi) is 8.83. The van der Waals surface area contributed by atoms with Crippen molar-refractivity contribution in [2.45, 2.75) is 19.6 Å². The number of fused-ring (bicyclic) bond motifs is 2. The van der Waals surface area contributed by atoms with Crippen molar-refractivity contribution in [3.05, 3.63) is 59.1 Å². The number of aromatic hydroxyl groups is 1. The van der Waals surface area contributed by atoms with Crippen LogP contribution in [0.15, 0.2) is 78.3 Å². The molecule has 19 nitrogen and oxygen atoms in total. The summed E-state index contributed by atoms with van der Waals surface area (Å²) in [7, 11) is -20.9. The molecule has 48 heavy (non-hydrogen) atoms. The standard InChI is InChI=1S/C23H14Cl2N6O13S4/c24-21-27-22(25)29-23(28-21)26-13-6-5-10-12(20(13)48(42,43)44)8-16(46(36,37)38)17(18(10)32)31-30-14-7-4-9-11(19(14)47(39,40)41)2-1-3-15(9)45(33,34)35/h1-8,32H,(H,33,34,35)(H,36,37,38)(H,39,40,41)(H,42,43,44)(H,26,27,28,29). The zero-order chi connectivity index (χ0) is 35.6. The maximum absolute atomic E-state index is 12.5. The Labute approximate surface area is 278 Å². The minimum absolute atomic E-state index is 0.373. The van der Waals surface area contributed by atoms with Crippen molar-refractivity contribution in [2.75, 3.05) is 5.32 Å². The largest absolute Gasteiger partial charge is 0.505 e. The molecular formula is C23H14Cl2N6O13S4. The van der Waals surface area contributed by atoms with Crippen molar-refractivity contribution in [1.82, 2.24) is 15.0 Å². The molecule has 0 saturated heterocycles. The van der Waals surface area contributed by atoms with E-state index in [0.717, 1.165) is 42.5 Å². The first-order valence-corrected chi connectivity index (χ1v) is 18.6. The van der Waals surface area contributed by atoms with Crippen molar-refractivity contribution >= 4 is 108 Å². The van der Waals surface area contributed by atoms with E-state index in [1.807, 2.05) is 0 Å². The Morgan fingerprint density at radius 2 is 1.19 bits per heavy atom. The molecule has 0 unspecified atom stereocenters. The lowest BCUT2D eigenvalue weighted by Crippen LogP contribution is -2.08. The Morgan fingerprint density at radius 3 is 1.75 bits per heavy atom. The molecule has 5 aromatic rings. The summed E-state index contributed by atoms with van der Waals surface area (Å²) >= 11 is 11.5. The highest BCUT2D eigenvalue weighted by molar-refractivity contribution is 7.87. The number of nitrogens with zero attached hydrogens (tertiary/aromatic N) is 5. The number of hydrogen-bond donors (Lipinski definition) is 6. The molecule has 1 heterocycles. The number of anilines is 2. The third-order valence-electron chi connectivity index (χ3n) is 6.29. The van der Waals surface area contributed by atoms with Gasteiger partial charge in [0.2, 0.25) is 16.5 Å². The first-order chi connectivity index (χ1) is 22.1. The molecule has 0 radical (unpaired) electrons. The quantitative estimate of drug-likeness (QED) is 0.0942. The van der Waals surface area contributed by atoms with E-state index in [2.05, 4.69) is 30.5 Å². The normalized spacial score (nSPS) is 13.0. The monoisotopic (exact) mass is 780 g/mol. The van der Waals surface area contributed by atoms with Gasteiger partial charge in [0.25, 0.3) is 40.5 Å². The van der Waals surface area contributed by atoms with Gasteiger partial charge in [0, 0.05) is 21.5 Å². The van der Waals surface area contributed by atoms with Gasteiger partial charge in [-0.05, 0) is 53.5 Å². The molecular weight excluding hydrogens is 767 g/mol. The maximum Gasteiger partial charge on any atom is 0.297 e. The van der Waals surface area contributed by atoms with E-state index in [4.69, 9.17) is 23.2 Å². The molecule has 0 amide bonds. The molecule has 1 aromatic heterocycles. The summed E-state index contributed by atoms with van der Waals surface area (Å²) < 4.78 is 138. The molecule has 0 saturated carbocycles. The summed E-state index contributed by atoms with van der Waals surface area (Å²) in [5.41, 5.74) is -2.32. The van der Waals surface area contributed by atoms with Crippen molar-refractivity contribution < 1.29 is 57.0 Å². The fraction of sp³-hybridized carbons (Fsp3) is 0. The van der Waals surface area contributed by atoms with E-state index in [1.165, 1.54) is 0 Å². The Morgan fingerprint density at radius 1 is 0.604 bits per heavy atom. The topological polar surface area (TPSA) is 313 Å². The molecule has 0 aliphatic carbocycles. The van der Waals surface area contributed by atoms with E-state index in [-0.39, 0.29) is 5.39 Å². The highest BCUT2D eigenvalue weighted by atomic mass is 35.5. The molecule has 252 valence electrons. The molecule has 6 N–H and O–H groups in total. The third-order valence-corrected chi connectivity index (χ3v) is 10.3. The van der Waals surface area contributed by atoms with Crippen LogP contribution in [0.5, 0.6) is 5.75 Å². The summed E-state index contributed by atoms with van der Waals surface area (Å²) in [6, 6.07) is 7.29. The van der Waals surface area contributed by atoms with E-state index >= 15 is 0 Å². The lowest BCUT2D eigenvalue weighted by atomic mass is 10.1. The van der Waals surface area contributed by atoms with Crippen LogP contribution in [0.1, 0.15) is 0 Å². The number of nitrogens with one attached hydrogen (secondary N) is 1. The summed E-state index contributed by atoms with van der Waals surface area (Å²) in [5, 5.41) is 17.7. The predicted molar refractivity (Wildman–Crippen MR) is 166 cm³/mol. The SMILES string of the molecule is O=S(=O)(O)c1cc2c(S(=O)(=O)O)c(Nc3nc(Cl)nc(Cl)n3)ccc2c(O)c1N=Nc1ccc2c(S(=O)(=O)O)cccc2c1S(=O)(=O)O. The van der Waals surface area contributed by atoms with E-state index < -0.39 is 116 Å². The zero-order valence-corrected chi connectivity index (χ0v) is 27.5. The van der Waals surface area contributed by atoms with Crippen LogP contribution in [0, 0.1) is 0 Å². The second-order valence-corrected chi connectivity index (χ2v) is 15.5. The lowest BCUT2D eigenvalue weighted by Gasteiger charge is -2.15. The fourth-order valence-corrected chi connectivity index (χ4v) is 7.92. The van der Waals surface area contributed by atoms with Crippen LogP contribution in [0.3, 0.4) is 0 Å². The number of phenolic OH excluding ortho intramolecular Hbond substituents is 1.